The van der Waals surface area contributed by atoms with E-state index in [1.54, 1.807) is 6.07 Å². The molecule has 1 aliphatic heterocycles. The third-order valence-corrected chi connectivity index (χ3v) is 3.59. The van der Waals surface area contributed by atoms with Crippen molar-refractivity contribution in [3.05, 3.63) is 0 Å². The number of nitrogens with one attached hydrogen (secondary N) is 1. The molecule has 0 amide bonds. The number of nitrogens with zero attached hydrogens (tertiary/aromatic N) is 2. The molecule has 0 radical (unpaired) electrons. The lowest BCUT2D eigenvalue weighted by Gasteiger charge is -2.17. The minimum Gasteiger partial charge on any atom is -0.315 e. The molecule has 1 N–H and O–H groups in total. The van der Waals surface area contributed by atoms with Gasteiger partial charge in [-0.15, -0.1) is 0 Å². The normalized spacial score (nSPS) is 20.5. The third kappa shape index (κ3) is 2.95. The van der Waals surface area contributed by atoms with Crippen molar-refractivity contribution >= 4 is 10.0 Å². The van der Waals surface area contributed by atoms with Gasteiger partial charge in [0.15, 0.2) is 5.75 Å². The summed E-state index contributed by atoms with van der Waals surface area (Å²) in [7, 11) is -3.32. The molecule has 0 spiro atoms. The molecule has 0 aromatic carbocycles. The minimum atomic E-state index is -3.32. The van der Waals surface area contributed by atoms with E-state index in [2.05, 4.69) is 5.32 Å². The smallest absolute Gasteiger partial charge is 0.227 e. The Morgan fingerprint density at radius 3 is 2.85 bits per heavy atom. The average Bonchev–Trinajstić information content (AvgIpc) is 2.31. The first-order valence-electron chi connectivity index (χ1n) is 4.22. The second-order valence-corrected chi connectivity index (χ2v) is 4.89. The van der Waals surface area contributed by atoms with Gasteiger partial charge in [-0.25, -0.2) is 8.42 Å². The molecule has 0 atom stereocenters. The van der Waals surface area contributed by atoms with Crippen LogP contribution >= 0.6 is 0 Å². The van der Waals surface area contributed by atoms with Crippen molar-refractivity contribution in [1.82, 2.24) is 9.62 Å². The summed E-state index contributed by atoms with van der Waals surface area (Å²) in [5.74, 6) is -0.410. The maximum absolute atomic E-state index is 11.4. The Morgan fingerprint density at radius 2 is 2.15 bits per heavy atom. The predicted molar refractivity (Wildman–Crippen MR) is 48.5 cm³/mol. The zero-order valence-electron chi connectivity index (χ0n) is 7.36. The average molecular weight is 203 g/mol. The third-order valence-electron chi connectivity index (χ3n) is 1.94. The quantitative estimate of drug-likeness (QED) is 0.633. The molecule has 5 nitrogen and oxygen atoms in total. The lowest BCUT2D eigenvalue weighted by atomic mass is 10.4. The first-order valence-corrected chi connectivity index (χ1v) is 5.83. The van der Waals surface area contributed by atoms with Gasteiger partial charge in [0, 0.05) is 19.6 Å². The molecule has 6 heteroatoms. The van der Waals surface area contributed by atoms with Crippen molar-refractivity contribution < 1.29 is 8.42 Å². The Balaban J connectivity index is 2.64. The van der Waals surface area contributed by atoms with E-state index in [0.717, 1.165) is 13.0 Å². The molecule has 0 aromatic rings. The lowest BCUT2D eigenvalue weighted by molar-refractivity contribution is 0.434. The summed E-state index contributed by atoms with van der Waals surface area (Å²) >= 11 is 0. The fourth-order valence-corrected chi connectivity index (χ4v) is 2.39. The van der Waals surface area contributed by atoms with Crippen molar-refractivity contribution in [3.63, 3.8) is 0 Å². The molecule has 74 valence electrons. The Hall–Kier alpha value is -0.640. The van der Waals surface area contributed by atoms with Gasteiger partial charge in [0.05, 0.1) is 6.07 Å². The maximum atomic E-state index is 11.4. The fraction of sp³-hybridized carbons (Fsp3) is 0.857. The van der Waals surface area contributed by atoms with Crippen molar-refractivity contribution in [1.29, 1.82) is 5.26 Å². The zero-order valence-corrected chi connectivity index (χ0v) is 8.18. The highest BCUT2D eigenvalue weighted by Gasteiger charge is 2.21. The minimum absolute atomic E-state index is 0.410. The van der Waals surface area contributed by atoms with Gasteiger partial charge in [0.1, 0.15) is 0 Å². The molecule has 1 aliphatic rings. The summed E-state index contributed by atoms with van der Waals surface area (Å²) < 4.78 is 24.2. The Kier molecular flexibility index (Phi) is 3.66. The van der Waals surface area contributed by atoms with Crippen molar-refractivity contribution in [2.24, 2.45) is 0 Å². The van der Waals surface area contributed by atoms with Gasteiger partial charge >= 0.3 is 0 Å². The molecule has 1 fully saturated rings. The fourth-order valence-electron chi connectivity index (χ4n) is 1.27. The molecule has 0 bridgehead atoms. The van der Waals surface area contributed by atoms with Gasteiger partial charge in [-0.1, -0.05) is 0 Å². The lowest BCUT2D eigenvalue weighted by Crippen LogP contribution is -2.35. The Labute approximate surface area is 78.4 Å². The van der Waals surface area contributed by atoms with Crippen LogP contribution in [-0.4, -0.2) is 44.7 Å². The second-order valence-electron chi connectivity index (χ2n) is 2.92. The molecular formula is C7H13N3O2S. The number of hydrogen-bond acceptors (Lipinski definition) is 4. The predicted octanol–water partition coefficient (Wildman–Crippen LogP) is -0.865. The summed E-state index contributed by atoms with van der Waals surface area (Å²) in [5, 5.41) is 11.4. The van der Waals surface area contributed by atoms with Crippen LogP contribution in [0, 0.1) is 11.3 Å². The van der Waals surface area contributed by atoms with E-state index in [0.29, 0.717) is 19.6 Å². The zero-order chi connectivity index (χ0) is 9.73. The van der Waals surface area contributed by atoms with E-state index in [9.17, 15) is 8.42 Å². The van der Waals surface area contributed by atoms with Gasteiger partial charge in [0.25, 0.3) is 0 Å². The highest BCUT2D eigenvalue weighted by atomic mass is 32.2. The van der Waals surface area contributed by atoms with E-state index in [-0.39, 0.29) is 0 Å². The molecule has 0 unspecified atom stereocenters. The van der Waals surface area contributed by atoms with Gasteiger partial charge < -0.3 is 5.32 Å². The van der Waals surface area contributed by atoms with E-state index < -0.39 is 15.8 Å². The van der Waals surface area contributed by atoms with Crippen LogP contribution in [-0.2, 0) is 10.0 Å². The van der Waals surface area contributed by atoms with Gasteiger partial charge in [-0.05, 0) is 13.0 Å². The van der Waals surface area contributed by atoms with E-state index in [4.69, 9.17) is 5.26 Å². The molecule has 13 heavy (non-hydrogen) atoms. The van der Waals surface area contributed by atoms with E-state index in [1.165, 1.54) is 4.31 Å². The summed E-state index contributed by atoms with van der Waals surface area (Å²) in [6.07, 6.45) is 0.810. The molecule has 1 heterocycles. The van der Waals surface area contributed by atoms with Crippen LogP contribution in [0.1, 0.15) is 6.42 Å². The SMILES string of the molecule is N#CCS(=O)(=O)N1CCCNCC1. The van der Waals surface area contributed by atoms with Gasteiger partial charge in [-0.3, -0.25) is 0 Å². The van der Waals surface area contributed by atoms with Crippen molar-refractivity contribution in [2.45, 2.75) is 6.42 Å². The monoisotopic (exact) mass is 203 g/mol. The second kappa shape index (κ2) is 4.56. The first kappa shape index (κ1) is 10.4. The van der Waals surface area contributed by atoms with Crippen LogP contribution in [0.5, 0.6) is 0 Å². The van der Waals surface area contributed by atoms with Crippen LogP contribution in [0.25, 0.3) is 0 Å². The molecule has 1 saturated heterocycles. The van der Waals surface area contributed by atoms with E-state index in [1.807, 2.05) is 0 Å². The summed E-state index contributed by atoms with van der Waals surface area (Å²) in [5.41, 5.74) is 0. The Bertz CT molecular complexity index is 285. The van der Waals surface area contributed by atoms with Gasteiger partial charge in [-0.2, -0.15) is 9.57 Å². The van der Waals surface area contributed by atoms with Crippen LogP contribution in [0.15, 0.2) is 0 Å². The highest BCUT2D eigenvalue weighted by molar-refractivity contribution is 7.89. The van der Waals surface area contributed by atoms with E-state index >= 15 is 0 Å². The molecular weight excluding hydrogens is 190 g/mol. The van der Waals surface area contributed by atoms with Crippen LogP contribution in [0.2, 0.25) is 0 Å². The number of sulfonamides is 1. The topological polar surface area (TPSA) is 73.2 Å². The number of hydrogen-bond donors (Lipinski definition) is 1. The number of nitriles is 1. The molecule has 1 rings (SSSR count). The molecule has 0 saturated carbocycles. The highest BCUT2D eigenvalue weighted by Crippen LogP contribution is 2.03. The van der Waals surface area contributed by atoms with Crippen LogP contribution in [0.4, 0.5) is 0 Å². The standard InChI is InChI=1S/C7H13N3O2S/c8-2-7-13(11,12)10-5-1-3-9-4-6-10/h9H,1,3-7H2. The van der Waals surface area contributed by atoms with Crippen molar-refractivity contribution in [2.75, 3.05) is 31.9 Å². The Morgan fingerprint density at radius 1 is 1.38 bits per heavy atom. The first-order chi connectivity index (χ1) is 6.17. The maximum Gasteiger partial charge on any atom is 0.227 e. The summed E-state index contributed by atoms with van der Waals surface area (Å²) in [6.45, 7) is 2.52. The molecule has 0 aliphatic carbocycles. The summed E-state index contributed by atoms with van der Waals surface area (Å²) in [4.78, 5) is 0. The van der Waals surface area contributed by atoms with Crippen LogP contribution < -0.4 is 5.32 Å². The van der Waals surface area contributed by atoms with Gasteiger partial charge in [0.2, 0.25) is 10.0 Å². The van der Waals surface area contributed by atoms with Crippen molar-refractivity contribution in [3.8, 4) is 6.07 Å². The summed E-state index contributed by atoms with van der Waals surface area (Å²) in [6, 6.07) is 1.68. The molecule has 0 aromatic heterocycles. The largest absolute Gasteiger partial charge is 0.315 e. The number of rotatable bonds is 2. The van der Waals surface area contributed by atoms with Crippen LogP contribution in [0.3, 0.4) is 0 Å².